The predicted molar refractivity (Wildman–Crippen MR) is 143 cm³/mol. The summed E-state index contributed by atoms with van der Waals surface area (Å²) >= 11 is 0. The quantitative estimate of drug-likeness (QED) is 0.261. The number of esters is 4. The minimum absolute atomic E-state index is 0.299. The third kappa shape index (κ3) is 8.88. The summed E-state index contributed by atoms with van der Waals surface area (Å²) in [7, 11) is 0. The largest absolute Gasteiger partial charge is 0.463 e. The summed E-state index contributed by atoms with van der Waals surface area (Å²) in [6, 6.07) is 3.33. The zero-order valence-corrected chi connectivity index (χ0v) is 25.2. The fourth-order valence-corrected chi connectivity index (χ4v) is 5.13. The zero-order valence-electron chi connectivity index (χ0n) is 25.2. The Balaban J connectivity index is 2.05. The minimum Gasteiger partial charge on any atom is -0.463 e. The molecule has 232 valence electrons. The van der Waals surface area contributed by atoms with Crippen LogP contribution in [0, 0.1) is 0 Å². The Labute approximate surface area is 245 Å². The van der Waals surface area contributed by atoms with Crippen molar-refractivity contribution in [1.82, 2.24) is 4.90 Å². The van der Waals surface area contributed by atoms with Gasteiger partial charge < -0.3 is 33.3 Å². The van der Waals surface area contributed by atoms with Gasteiger partial charge in [-0.05, 0) is 46.1 Å². The number of amides is 1. The number of pyridine rings is 1. The summed E-state index contributed by atoms with van der Waals surface area (Å²) < 4.78 is 35.4. The maximum Gasteiger partial charge on any atom is 0.410 e. The maximum atomic E-state index is 13.1. The molecule has 0 aromatic carbocycles. The predicted octanol–water partition coefficient (Wildman–Crippen LogP) is 2.69. The van der Waals surface area contributed by atoms with E-state index in [4.69, 9.17) is 28.4 Å². The highest BCUT2D eigenvalue weighted by atomic mass is 16.7. The summed E-state index contributed by atoms with van der Waals surface area (Å²) in [5.41, 5.74) is 0.111. The van der Waals surface area contributed by atoms with Gasteiger partial charge in [0.2, 0.25) is 6.10 Å². The van der Waals surface area contributed by atoms with Gasteiger partial charge >= 0.3 is 36.2 Å². The van der Waals surface area contributed by atoms with E-state index in [-0.39, 0.29) is 12.6 Å². The van der Waals surface area contributed by atoms with Gasteiger partial charge in [-0.1, -0.05) is 0 Å². The molecule has 3 heterocycles. The molecule has 0 saturated carbocycles. The molecule has 0 aliphatic carbocycles. The van der Waals surface area contributed by atoms with Crippen LogP contribution >= 0.6 is 0 Å². The number of nitrogens with zero attached hydrogens (tertiary/aromatic N) is 2. The van der Waals surface area contributed by atoms with Crippen molar-refractivity contribution in [3.05, 3.63) is 30.1 Å². The number of carbonyl (C=O) groups excluding carboxylic acids is 5. The summed E-state index contributed by atoms with van der Waals surface area (Å²) in [5.74, 6) is -2.71. The Bertz CT molecular complexity index is 1160. The Morgan fingerprint density at radius 3 is 2.12 bits per heavy atom. The number of ether oxygens (including phenoxy) is 6. The molecule has 0 N–H and O–H groups in total. The van der Waals surface area contributed by atoms with Crippen molar-refractivity contribution >= 4 is 30.0 Å². The molecule has 2 fully saturated rings. The molecule has 6 unspecified atom stereocenters. The fraction of sp³-hybridized carbons (Fsp3) is 0.655. The standard InChI is InChI=1S/C29H41N2O11/c1-17(32)37-16-23-24(38-18(2)33)25(39-19(3)34)26(40-20(4)35)27(41-23)30-13-10-11-21(15-30)22-12-8-9-14-31(22)28(36)42-29(5,6)7/h10-11,13,15,22-27H,8-9,12,14,16H2,1-7H3/q+1. The fourth-order valence-electron chi connectivity index (χ4n) is 5.13. The SMILES string of the molecule is CC(=O)OCC1OC([n+]2cccc(C3CCCCN3C(=O)OC(C)(C)C)c2)C(OC(C)=O)C(OC(C)=O)C1OC(C)=O. The molecule has 0 radical (unpaired) electrons. The van der Waals surface area contributed by atoms with Gasteiger partial charge in [0.1, 0.15) is 18.3 Å². The first-order valence-corrected chi connectivity index (χ1v) is 14.0. The first-order valence-electron chi connectivity index (χ1n) is 14.0. The summed E-state index contributed by atoms with van der Waals surface area (Å²) in [5, 5.41) is 0. The topological polar surface area (TPSA) is 148 Å². The number of piperidine rings is 1. The van der Waals surface area contributed by atoms with Crippen molar-refractivity contribution in [1.29, 1.82) is 0 Å². The smallest absolute Gasteiger partial charge is 0.410 e. The van der Waals surface area contributed by atoms with Crippen LogP contribution in [0.3, 0.4) is 0 Å². The molecule has 1 aromatic heterocycles. The van der Waals surface area contributed by atoms with E-state index in [2.05, 4.69) is 0 Å². The number of likely N-dealkylation sites (tertiary alicyclic amines) is 1. The Kier molecular flexibility index (Phi) is 10.9. The first-order chi connectivity index (χ1) is 19.7. The molecule has 2 saturated heterocycles. The summed E-state index contributed by atoms with van der Waals surface area (Å²) in [6.07, 6.45) is -0.531. The van der Waals surface area contributed by atoms with Crippen LogP contribution in [0.1, 0.15) is 85.6 Å². The molecule has 2 aliphatic rings. The van der Waals surface area contributed by atoms with Gasteiger partial charge in [0.15, 0.2) is 24.6 Å². The van der Waals surface area contributed by atoms with E-state index in [0.29, 0.717) is 13.0 Å². The second-order valence-electron chi connectivity index (χ2n) is 11.4. The highest BCUT2D eigenvalue weighted by Gasteiger charge is 2.56. The van der Waals surface area contributed by atoms with Crippen LogP contribution in [0.5, 0.6) is 0 Å². The van der Waals surface area contributed by atoms with Crippen LogP contribution in [-0.4, -0.2) is 78.0 Å². The number of aromatic nitrogens is 1. The van der Waals surface area contributed by atoms with E-state index in [9.17, 15) is 24.0 Å². The van der Waals surface area contributed by atoms with Gasteiger partial charge in [0.05, 0.1) is 6.04 Å². The van der Waals surface area contributed by atoms with Crippen molar-refractivity contribution in [3.8, 4) is 0 Å². The highest BCUT2D eigenvalue weighted by molar-refractivity contribution is 5.69. The Morgan fingerprint density at radius 1 is 0.905 bits per heavy atom. The van der Waals surface area contributed by atoms with Gasteiger partial charge in [0, 0.05) is 45.9 Å². The van der Waals surface area contributed by atoms with E-state index >= 15 is 0 Å². The van der Waals surface area contributed by atoms with Gasteiger partial charge in [0.25, 0.3) is 0 Å². The van der Waals surface area contributed by atoms with Gasteiger partial charge in [-0.3, -0.25) is 19.2 Å². The Hall–Kier alpha value is -3.74. The van der Waals surface area contributed by atoms with Crippen LogP contribution in [-0.2, 0) is 47.6 Å². The van der Waals surface area contributed by atoms with Crippen molar-refractivity contribution in [2.45, 2.75) is 110 Å². The first kappa shape index (κ1) is 32.8. The lowest BCUT2D eigenvalue weighted by molar-refractivity contribution is -0.778. The molecule has 1 amide bonds. The lowest BCUT2D eigenvalue weighted by Gasteiger charge is -2.42. The second-order valence-corrected chi connectivity index (χ2v) is 11.4. The average Bonchev–Trinajstić information content (AvgIpc) is 2.88. The molecule has 0 spiro atoms. The van der Waals surface area contributed by atoms with Crippen molar-refractivity contribution in [2.24, 2.45) is 0 Å². The van der Waals surface area contributed by atoms with Crippen molar-refractivity contribution < 1.29 is 57.0 Å². The van der Waals surface area contributed by atoms with Crippen LogP contribution < -0.4 is 4.57 Å². The van der Waals surface area contributed by atoms with Gasteiger partial charge in [-0.2, -0.15) is 4.57 Å². The third-order valence-electron chi connectivity index (χ3n) is 6.62. The van der Waals surface area contributed by atoms with Crippen LogP contribution in [0.4, 0.5) is 4.79 Å². The molecule has 42 heavy (non-hydrogen) atoms. The molecule has 3 rings (SSSR count). The van der Waals surface area contributed by atoms with Gasteiger partial charge in [-0.15, -0.1) is 0 Å². The second kappa shape index (κ2) is 14.0. The van der Waals surface area contributed by atoms with E-state index in [1.54, 1.807) is 27.9 Å². The Morgan fingerprint density at radius 2 is 1.52 bits per heavy atom. The molecule has 1 aromatic rings. The zero-order chi connectivity index (χ0) is 31.2. The number of hydrogen-bond donors (Lipinski definition) is 0. The lowest BCUT2D eigenvalue weighted by Crippen LogP contribution is -2.65. The molecular formula is C29H41N2O11+. The van der Waals surface area contributed by atoms with E-state index in [0.717, 1.165) is 18.4 Å². The van der Waals surface area contributed by atoms with E-state index < -0.39 is 66.2 Å². The van der Waals surface area contributed by atoms with Crippen LogP contribution in [0.15, 0.2) is 24.5 Å². The molecule has 13 nitrogen and oxygen atoms in total. The van der Waals surface area contributed by atoms with Crippen LogP contribution in [0.25, 0.3) is 0 Å². The van der Waals surface area contributed by atoms with Crippen molar-refractivity contribution in [3.63, 3.8) is 0 Å². The normalized spacial score (nSPS) is 26.0. The van der Waals surface area contributed by atoms with E-state index in [1.807, 2.05) is 26.8 Å². The molecule has 2 aliphatic heterocycles. The molecule has 6 atom stereocenters. The summed E-state index contributed by atoms with van der Waals surface area (Å²) in [6.45, 7) is 10.4. The third-order valence-corrected chi connectivity index (χ3v) is 6.62. The number of hydrogen-bond acceptors (Lipinski definition) is 11. The van der Waals surface area contributed by atoms with Crippen LogP contribution in [0.2, 0.25) is 0 Å². The lowest BCUT2D eigenvalue weighted by atomic mass is 9.95. The maximum absolute atomic E-state index is 13.1. The minimum atomic E-state index is -1.29. The molecular weight excluding hydrogens is 552 g/mol. The highest BCUT2D eigenvalue weighted by Crippen LogP contribution is 2.34. The van der Waals surface area contributed by atoms with Gasteiger partial charge in [-0.25, -0.2) is 4.79 Å². The number of rotatable bonds is 7. The average molecular weight is 594 g/mol. The monoisotopic (exact) mass is 593 g/mol. The van der Waals surface area contributed by atoms with Crippen molar-refractivity contribution in [2.75, 3.05) is 13.2 Å². The number of carbonyl (C=O) groups is 5. The summed E-state index contributed by atoms with van der Waals surface area (Å²) in [4.78, 5) is 62.8. The molecule has 0 bridgehead atoms. The molecule has 13 heteroatoms. The van der Waals surface area contributed by atoms with E-state index in [1.165, 1.54) is 27.7 Å².